The minimum Gasteiger partial charge on any atom is -0.348 e. The Morgan fingerprint density at radius 1 is 0.889 bits per heavy atom. The Balaban J connectivity index is 3.60. The molecule has 0 aliphatic heterocycles. The van der Waals surface area contributed by atoms with E-state index in [0.29, 0.717) is 13.1 Å². The van der Waals surface area contributed by atoms with Gasteiger partial charge in [-0.1, -0.05) is 27.2 Å². The van der Waals surface area contributed by atoms with Gasteiger partial charge < -0.3 is 15.5 Å². The van der Waals surface area contributed by atoms with Gasteiger partial charge in [0, 0.05) is 13.1 Å². The number of hydrogen-bond donors (Lipinski definition) is 2. The molecule has 2 N–H and O–H groups in total. The van der Waals surface area contributed by atoms with Crippen molar-refractivity contribution in [3.8, 4) is 0 Å². The zero-order valence-corrected chi connectivity index (χ0v) is 11.9. The van der Waals surface area contributed by atoms with E-state index in [4.69, 9.17) is 0 Å². The molecule has 0 rings (SSSR count). The molecule has 5 heteroatoms. The van der Waals surface area contributed by atoms with Crippen molar-refractivity contribution < 1.29 is 9.59 Å². The first kappa shape index (κ1) is 16.9. The summed E-state index contributed by atoms with van der Waals surface area (Å²) in [5.41, 5.74) is 0. The zero-order valence-electron chi connectivity index (χ0n) is 11.9. The van der Waals surface area contributed by atoms with Crippen LogP contribution in [0.3, 0.4) is 0 Å². The molecule has 106 valence electrons. The van der Waals surface area contributed by atoms with Crippen LogP contribution in [0.25, 0.3) is 0 Å². The van der Waals surface area contributed by atoms with Crippen LogP contribution < -0.4 is 10.6 Å². The predicted octanol–water partition coefficient (Wildman–Crippen LogP) is 0.751. The fourth-order valence-electron chi connectivity index (χ4n) is 1.58. The molecular weight excluding hydrogens is 230 g/mol. The van der Waals surface area contributed by atoms with Gasteiger partial charge in [-0.2, -0.15) is 0 Å². The van der Waals surface area contributed by atoms with Gasteiger partial charge >= 0.3 is 11.8 Å². The van der Waals surface area contributed by atoms with Crippen LogP contribution in [0.15, 0.2) is 0 Å². The van der Waals surface area contributed by atoms with Crippen molar-refractivity contribution in [2.75, 3.05) is 32.7 Å². The third-order valence-corrected chi connectivity index (χ3v) is 2.85. The first-order valence-electron chi connectivity index (χ1n) is 6.94. The van der Waals surface area contributed by atoms with E-state index >= 15 is 0 Å². The molecule has 2 amide bonds. The molecule has 0 atom stereocenters. The Morgan fingerprint density at radius 3 is 1.83 bits per heavy atom. The maximum atomic E-state index is 11.4. The number of amides is 2. The quantitative estimate of drug-likeness (QED) is 0.473. The number of nitrogens with zero attached hydrogens (tertiary/aromatic N) is 1. The fraction of sp³-hybridized carbons (Fsp3) is 0.846. The van der Waals surface area contributed by atoms with Gasteiger partial charge in [-0.05, 0) is 32.5 Å². The Bertz CT molecular complexity index is 240. The van der Waals surface area contributed by atoms with Gasteiger partial charge in [0.2, 0.25) is 0 Å². The number of nitrogens with one attached hydrogen (secondary N) is 2. The molecule has 0 aromatic heterocycles. The summed E-state index contributed by atoms with van der Waals surface area (Å²) < 4.78 is 0. The molecule has 5 nitrogen and oxygen atoms in total. The average Bonchev–Trinajstić information content (AvgIpc) is 2.38. The summed E-state index contributed by atoms with van der Waals surface area (Å²) in [6.07, 6.45) is 2.78. The highest BCUT2D eigenvalue weighted by molar-refractivity contribution is 6.35. The number of carbonyl (C=O) groups is 2. The van der Waals surface area contributed by atoms with E-state index in [1.807, 2.05) is 6.92 Å². The Hall–Kier alpha value is -1.10. The van der Waals surface area contributed by atoms with Gasteiger partial charge in [0.15, 0.2) is 0 Å². The highest BCUT2D eigenvalue weighted by Crippen LogP contribution is 1.89. The first-order chi connectivity index (χ1) is 8.65. The van der Waals surface area contributed by atoms with Gasteiger partial charge in [0.1, 0.15) is 0 Å². The van der Waals surface area contributed by atoms with Gasteiger partial charge in [0.25, 0.3) is 0 Å². The van der Waals surface area contributed by atoms with Gasteiger partial charge in [0.05, 0.1) is 0 Å². The summed E-state index contributed by atoms with van der Waals surface area (Å²) in [7, 11) is 0. The van der Waals surface area contributed by atoms with Crippen molar-refractivity contribution in [2.45, 2.75) is 40.0 Å². The molecule has 0 aromatic rings. The Labute approximate surface area is 110 Å². The van der Waals surface area contributed by atoms with Crippen LogP contribution in [0.1, 0.15) is 40.0 Å². The van der Waals surface area contributed by atoms with Crippen molar-refractivity contribution >= 4 is 11.8 Å². The van der Waals surface area contributed by atoms with Gasteiger partial charge in [-0.15, -0.1) is 0 Å². The number of carbonyl (C=O) groups excluding carboxylic acids is 2. The summed E-state index contributed by atoms with van der Waals surface area (Å²) in [5, 5.41) is 5.23. The van der Waals surface area contributed by atoms with E-state index in [-0.39, 0.29) is 0 Å². The maximum Gasteiger partial charge on any atom is 0.309 e. The second kappa shape index (κ2) is 11.0. The van der Waals surface area contributed by atoms with Crippen LogP contribution in [-0.2, 0) is 9.59 Å². The second-order valence-corrected chi connectivity index (χ2v) is 4.25. The van der Waals surface area contributed by atoms with Crippen LogP contribution in [0.2, 0.25) is 0 Å². The van der Waals surface area contributed by atoms with Crippen LogP contribution in [0.4, 0.5) is 0 Å². The smallest absolute Gasteiger partial charge is 0.309 e. The number of hydrogen-bond acceptors (Lipinski definition) is 3. The number of unbranched alkanes of at least 4 members (excludes halogenated alkanes) is 1. The molecule has 0 fully saturated rings. The van der Waals surface area contributed by atoms with E-state index in [9.17, 15) is 9.59 Å². The van der Waals surface area contributed by atoms with E-state index in [2.05, 4.69) is 29.4 Å². The van der Waals surface area contributed by atoms with Crippen LogP contribution in [0, 0.1) is 0 Å². The normalized spacial score (nSPS) is 10.4. The van der Waals surface area contributed by atoms with Gasteiger partial charge in [-0.3, -0.25) is 9.59 Å². The molecule has 0 radical (unpaired) electrons. The van der Waals surface area contributed by atoms with Crippen molar-refractivity contribution in [1.82, 2.24) is 15.5 Å². The molecule has 0 aliphatic carbocycles. The summed E-state index contributed by atoms with van der Waals surface area (Å²) in [6.45, 7) is 10.4. The Kier molecular flexibility index (Phi) is 10.3. The standard InChI is InChI=1S/C13H27N3O2/c1-4-7-9-14-12(17)13(18)15-10-8-11-16(5-2)6-3/h4-11H2,1-3H3,(H,14,17)(H,15,18). The highest BCUT2D eigenvalue weighted by Gasteiger charge is 2.11. The Morgan fingerprint density at radius 2 is 1.39 bits per heavy atom. The lowest BCUT2D eigenvalue weighted by Gasteiger charge is -2.17. The summed E-state index contributed by atoms with van der Waals surface area (Å²) in [5.74, 6) is -1.04. The third-order valence-electron chi connectivity index (χ3n) is 2.85. The summed E-state index contributed by atoms with van der Waals surface area (Å²) >= 11 is 0. The SMILES string of the molecule is CCCCNC(=O)C(=O)NCCCN(CC)CC. The molecule has 0 saturated carbocycles. The predicted molar refractivity (Wildman–Crippen MR) is 73.3 cm³/mol. The number of rotatable bonds is 9. The fourth-order valence-corrected chi connectivity index (χ4v) is 1.58. The van der Waals surface area contributed by atoms with Crippen LogP contribution in [0.5, 0.6) is 0 Å². The van der Waals surface area contributed by atoms with Gasteiger partial charge in [-0.25, -0.2) is 0 Å². The summed E-state index contributed by atoms with van der Waals surface area (Å²) in [4.78, 5) is 25.0. The lowest BCUT2D eigenvalue weighted by molar-refractivity contribution is -0.139. The molecule has 18 heavy (non-hydrogen) atoms. The third kappa shape index (κ3) is 8.06. The maximum absolute atomic E-state index is 11.4. The highest BCUT2D eigenvalue weighted by atomic mass is 16.2. The zero-order chi connectivity index (χ0) is 13.8. The van der Waals surface area contributed by atoms with Crippen molar-refractivity contribution in [3.05, 3.63) is 0 Å². The topological polar surface area (TPSA) is 61.4 Å². The molecule has 0 spiro atoms. The van der Waals surface area contributed by atoms with Crippen molar-refractivity contribution in [1.29, 1.82) is 0 Å². The van der Waals surface area contributed by atoms with E-state index in [0.717, 1.165) is 38.9 Å². The molecule has 0 aromatic carbocycles. The molecule has 0 saturated heterocycles. The monoisotopic (exact) mass is 257 g/mol. The molecule has 0 bridgehead atoms. The summed E-state index contributed by atoms with van der Waals surface area (Å²) in [6, 6.07) is 0. The van der Waals surface area contributed by atoms with E-state index < -0.39 is 11.8 Å². The van der Waals surface area contributed by atoms with E-state index in [1.54, 1.807) is 0 Å². The minimum absolute atomic E-state index is 0.522. The van der Waals surface area contributed by atoms with Crippen molar-refractivity contribution in [3.63, 3.8) is 0 Å². The van der Waals surface area contributed by atoms with Crippen LogP contribution in [-0.4, -0.2) is 49.4 Å². The lowest BCUT2D eigenvalue weighted by Crippen LogP contribution is -2.41. The van der Waals surface area contributed by atoms with Crippen molar-refractivity contribution in [2.24, 2.45) is 0 Å². The molecule has 0 heterocycles. The second-order valence-electron chi connectivity index (χ2n) is 4.25. The average molecular weight is 257 g/mol. The lowest BCUT2D eigenvalue weighted by atomic mass is 10.3. The molecule has 0 aliphatic rings. The minimum atomic E-state index is -0.523. The molecular formula is C13H27N3O2. The van der Waals surface area contributed by atoms with E-state index in [1.165, 1.54) is 0 Å². The first-order valence-corrected chi connectivity index (χ1v) is 6.94. The van der Waals surface area contributed by atoms with Crippen LogP contribution >= 0.6 is 0 Å². The largest absolute Gasteiger partial charge is 0.348 e. The molecule has 0 unspecified atom stereocenters.